The van der Waals surface area contributed by atoms with Crippen LogP contribution in [0.5, 0.6) is 5.75 Å². The molecule has 0 saturated carbocycles. The van der Waals surface area contributed by atoms with Crippen LogP contribution in [0.2, 0.25) is 0 Å². The fraction of sp³-hybridized carbons (Fsp3) is 0.400. The van der Waals surface area contributed by atoms with E-state index in [1.54, 1.807) is 13.0 Å². The minimum absolute atomic E-state index is 0.0813. The maximum atomic E-state index is 10.8. The van der Waals surface area contributed by atoms with Crippen LogP contribution in [0, 0.1) is 0 Å². The predicted octanol–water partition coefficient (Wildman–Crippen LogP) is 3.98. The largest absolute Gasteiger partial charge is 0.508 e. The van der Waals surface area contributed by atoms with E-state index >= 15 is 0 Å². The minimum atomic E-state index is -0.0813. The molecule has 1 N–H and O–H groups in total. The molecule has 0 aliphatic rings. The summed E-state index contributed by atoms with van der Waals surface area (Å²) in [6.45, 7) is 7.78. The molecule has 0 spiro atoms. The summed E-state index contributed by atoms with van der Waals surface area (Å²) in [6, 6.07) is 5.59. The van der Waals surface area contributed by atoms with Gasteiger partial charge in [0.15, 0.2) is 5.12 Å². The van der Waals surface area contributed by atoms with E-state index in [-0.39, 0.29) is 10.5 Å². The van der Waals surface area contributed by atoms with E-state index in [9.17, 15) is 9.90 Å². The predicted molar refractivity (Wildman–Crippen MR) is 79.0 cm³/mol. The van der Waals surface area contributed by atoms with Crippen molar-refractivity contribution in [1.29, 1.82) is 0 Å². The number of thioether (sulfide) groups is 1. The van der Waals surface area contributed by atoms with Gasteiger partial charge in [-0.3, -0.25) is 4.79 Å². The Morgan fingerprint density at radius 1 is 1.39 bits per heavy atom. The van der Waals surface area contributed by atoms with Crippen LogP contribution in [0.25, 0.3) is 6.08 Å². The molecule has 1 aromatic carbocycles. The van der Waals surface area contributed by atoms with E-state index in [1.807, 2.05) is 24.3 Å². The molecule has 3 heteroatoms. The average molecular weight is 264 g/mol. The number of rotatable bonds is 3. The van der Waals surface area contributed by atoms with Crippen molar-refractivity contribution >= 4 is 23.0 Å². The second-order valence-electron chi connectivity index (χ2n) is 5.23. The Hall–Kier alpha value is -1.22. The smallest absolute Gasteiger partial charge is 0.186 e. The third-order valence-corrected chi connectivity index (χ3v) is 3.29. The molecule has 0 fully saturated rings. The molecule has 0 radical (unpaired) electrons. The number of phenols is 1. The molecule has 18 heavy (non-hydrogen) atoms. The third kappa shape index (κ3) is 4.57. The minimum Gasteiger partial charge on any atom is -0.508 e. The Morgan fingerprint density at radius 3 is 2.61 bits per heavy atom. The number of aromatic hydroxyl groups is 1. The van der Waals surface area contributed by atoms with Gasteiger partial charge in [0.1, 0.15) is 5.75 Å². The first-order chi connectivity index (χ1) is 8.30. The Labute approximate surface area is 113 Å². The normalized spacial score (nSPS) is 12.0. The van der Waals surface area contributed by atoms with Crippen molar-refractivity contribution in [2.45, 2.75) is 33.1 Å². The highest BCUT2D eigenvalue weighted by Gasteiger charge is 2.17. The van der Waals surface area contributed by atoms with Crippen LogP contribution in [0.15, 0.2) is 24.3 Å². The lowest BCUT2D eigenvalue weighted by Crippen LogP contribution is -2.11. The van der Waals surface area contributed by atoms with Gasteiger partial charge in [0.25, 0.3) is 0 Å². The standard InChI is InChI=1S/C15H20O2S/c1-11(16)18-9-5-6-12-7-8-14(17)13(10-12)15(2,3)4/h5-8,10,17H,9H2,1-4H3. The Balaban J connectivity index is 2.83. The zero-order valence-corrected chi connectivity index (χ0v) is 12.2. The second kappa shape index (κ2) is 6.10. The quantitative estimate of drug-likeness (QED) is 0.897. The Kier molecular flexibility index (Phi) is 5.03. The summed E-state index contributed by atoms with van der Waals surface area (Å²) in [4.78, 5) is 10.8. The van der Waals surface area contributed by atoms with Crippen LogP contribution in [0.3, 0.4) is 0 Å². The molecule has 0 heterocycles. The number of phenolic OH excluding ortho intramolecular Hbond substituents is 1. The van der Waals surface area contributed by atoms with Gasteiger partial charge in [-0.05, 0) is 28.7 Å². The highest BCUT2D eigenvalue weighted by Crippen LogP contribution is 2.31. The van der Waals surface area contributed by atoms with Gasteiger partial charge >= 0.3 is 0 Å². The van der Waals surface area contributed by atoms with E-state index in [4.69, 9.17) is 0 Å². The molecule has 0 aliphatic heterocycles. The van der Waals surface area contributed by atoms with Crippen LogP contribution >= 0.6 is 11.8 Å². The molecule has 98 valence electrons. The molecule has 1 rings (SSSR count). The fourth-order valence-electron chi connectivity index (χ4n) is 1.61. The summed E-state index contributed by atoms with van der Waals surface area (Å²) in [5.41, 5.74) is 1.90. The summed E-state index contributed by atoms with van der Waals surface area (Å²) >= 11 is 1.29. The Bertz CT molecular complexity index is 456. The van der Waals surface area contributed by atoms with Crippen molar-refractivity contribution in [3.05, 3.63) is 35.4 Å². The molecule has 0 bridgehead atoms. The molecule has 0 aromatic heterocycles. The summed E-state index contributed by atoms with van der Waals surface area (Å²) in [7, 11) is 0. The number of hydrogen-bond acceptors (Lipinski definition) is 3. The van der Waals surface area contributed by atoms with Crippen LogP contribution in [0.4, 0.5) is 0 Å². The SMILES string of the molecule is CC(=O)SCC=Cc1ccc(O)c(C(C)(C)C)c1. The van der Waals surface area contributed by atoms with Gasteiger partial charge in [-0.25, -0.2) is 0 Å². The number of benzene rings is 1. The molecule has 0 saturated heterocycles. The zero-order chi connectivity index (χ0) is 13.8. The van der Waals surface area contributed by atoms with E-state index in [0.717, 1.165) is 11.1 Å². The zero-order valence-electron chi connectivity index (χ0n) is 11.4. The lowest BCUT2D eigenvalue weighted by Gasteiger charge is -2.20. The first-order valence-corrected chi connectivity index (χ1v) is 6.92. The fourth-order valence-corrected chi connectivity index (χ4v) is 2.03. The van der Waals surface area contributed by atoms with Gasteiger partial charge in [-0.15, -0.1) is 0 Å². The summed E-state index contributed by atoms with van der Waals surface area (Å²) in [6.07, 6.45) is 3.94. The summed E-state index contributed by atoms with van der Waals surface area (Å²) in [5.74, 6) is 1.01. The van der Waals surface area contributed by atoms with Gasteiger partial charge in [0.2, 0.25) is 0 Å². The molecule has 0 aliphatic carbocycles. The van der Waals surface area contributed by atoms with Gasteiger partial charge in [0.05, 0.1) is 0 Å². The lowest BCUT2D eigenvalue weighted by molar-refractivity contribution is -0.109. The maximum Gasteiger partial charge on any atom is 0.186 e. The van der Waals surface area contributed by atoms with E-state index in [0.29, 0.717) is 11.5 Å². The van der Waals surface area contributed by atoms with E-state index in [1.165, 1.54) is 11.8 Å². The highest BCUT2D eigenvalue weighted by molar-refractivity contribution is 8.13. The van der Waals surface area contributed by atoms with Gasteiger partial charge in [-0.2, -0.15) is 0 Å². The van der Waals surface area contributed by atoms with Crippen molar-refractivity contribution in [1.82, 2.24) is 0 Å². The van der Waals surface area contributed by atoms with Crippen molar-refractivity contribution in [2.24, 2.45) is 0 Å². The van der Waals surface area contributed by atoms with Crippen LogP contribution in [-0.4, -0.2) is 16.0 Å². The van der Waals surface area contributed by atoms with Crippen LogP contribution in [-0.2, 0) is 10.2 Å². The first-order valence-electron chi connectivity index (χ1n) is 5.94. The van der Waals surface area contributed by atoms with E-state index in [2.05, 4.69) is 20.8 Å². The van der Waals surface area contributed by atoms with Gasteiger partial charge in [-0.1, -0.05) is 50.8 Å². The molecule has 1 aromatic rings. The summed E-state index contributed by atoms with van der Waals surface area (Å²) in [5, 5.41) is 9.97. The summed E-state index contributed by atoms with van der Waals surface area (Å²) < 4.78 is 0. The van der Waals surface area contributed by atoms with Crippen LogP contribution < -0.4 is 0 Å². The Morgan fingerprint density at radius 2 is 2.06 bits per heavy atom. The van der Waals surface area contributed by atoms with Crippen molar-refractivity contribution in [2.75, 3.05) is 5.75 Å². The van der Waals surface area contributed by atoms with Crippen LogP contribution in [0.1, 0.15) is 38.8 Å². The molecule has 0 amide bonds. The molecule has 2 nitrogen and oxygen atoms in total. The van der Waals surface area contributed by atoms with E-state index < -0.39 is 0 Å². The number of carbonyl (C=O) groups excluding carboxylic acids is 1. The molecular formula is C15H20O2S. The monoisotopic (exact) mass is 264 g/mol. The third-order valence-electron chi connectivity index (χ3n) is 2.52. The lowest BCUT2D eigenvalue weighted by atomic mass is 9.85. The highest BCUT2D eigenvalue weighted by atomic mass is 32.2. The molecular weight excluding hydrogens is 244 g/mol. The van der Waals surface area contributed by atoms with Crippen molar-refractivity contribution < 1.29 is 9.90 Å². The average Bonchev–Trinajstić information content (AvgIpc) is 2.24. The van der Waals surface area contributed by atoms with Gasteiger partial charge in [0, 0.05) is 12.7 Å². The van der Waals surface area contributed by atoms with Gasteiger partial charge < -0.3 is 5.11 Å². The second-order valence-corrected chi connectivity index (χ2v) is 6.43. The first kappa shape index (κ1) is 14.8. The molecule has 0 unspecified atom stereocenters. The van der Waals surface area contributed by atoms with Crippen molar-refractivity contribution in [3.63, 3.8) is 0 Å². The number of carbonyl (C=O) groups is 1. The van der Waals surface area contributed by atoms with Crippen molar-refractivity contribution in [3.8, 4) is 5.75 Å². The molecule has 0 atom stereocenters. The topological polar surface area (TPSA) is 37.3 Å². The number of hydrogen-bond donors (Lipinski definition) is 1. The maximum absolute atomic E-state index is 10.8.